The predicted octanol–water partition coefficient (Wildman–Crippen LogP) is 4.64. The zero-order valence-corrected chi connectivity index (χ0v) is 15.3. The van der Waals surface area contributed by atoms with Crippen molar-refractivity contribution in [3.63, 3.8) is 0 Å². The zero-order chi connectivity index (χ0) is 19.9. The van der Waals surface area contributed by atoms with Crippen molar-refractivity contribution in [1.82, 2.24) is 9.97 Å². The van der Waals surface area contributed by atoms with Gasteiger partial charge in [-0.15, -0.1) is 0 Å². The van der Waals surface area contributed by atoms with Gasteiger partial charge in [0, 0.05) is 34.2 Å². The summed E-state index contributed by atoms with van der Waals surface area (Å²) in [7, 11) is 0. The standard InChI is InChI=1S/2C11H11FN2/c2*12-9-3-4-11-10(6-9)8(7-14-11)2-1-5-13/h2*1,3-7,14H,2,13H2. The number of H-pyrrole nitrogens is 2. The maximum Gasteiger partial charge on any atom is 0.123 e. The fraction of sp³-hybridized carbons (Fsp3) is 0.0909. The van der Waals surface area contributed by atoms with Crippen molar-refractivity contribution in [3.8, 4) is 0 Å². The molecule has 2 aromatic carbocycles. The molecule has 0 atom stereocenters. The molecule has 0 bridgehead atoms. The maximum atomic E-state index is 13.0. The first-order valence-corrected chi connectivity index (χ1v) is 8.87. The molecule has 0 radical (unpaired) electrons. The number of rotatable bonds is 4. The van der Waals surface area contributed by atoms with Crippen molar-refractivity contribution in [2.75, 3.05) is 0 Å². The summed E-state index contributed by atoms with van der Waals surface area (Å²) in [6.07, 6.45) is 11.9. The highest BCUT2D eigenvalue weighted by molar-refractivity contribution is 5.84. The van der Waals surface area contributed by atoms with Gasteiger partial charge in [-0.1, -0.05) is 12.2 Å². The summed E-state index contributed by atoms with van der Waals surface area (Å²) < 4.78 is 25.9. The van der Waals surface area contributed by atoms with Crippen molar-refractivity contribution in [3.05, 3.63) is 96.1 Å². The molecule has 4 nitrogen and oxygen atoms in total. The average Bonchev–Trinajstić information content (AvgIpc) is 3.28. The van der Waals surface area contributed by atoms with Gasteiger partial charge in [-0.2, -0.15) is 0 Å². The highest BCUT2D eigenvalue weighted by Gasteiger charge is 2.03. The molecular formula is C22H22F2N4. The molecule has 2 heterocycles. The molecule has 0 aliphatic carbocycles. The molecule has 4 aromatic rings. The minimum Gasteiger partial charge on any atom is -0.405 e. The number of hydrogen-bond acceptors (Lipinski definition) is 2. The van der Waals surface area contributed by atoms with E-state index in [-0.39, 0.29) is 11.6 Å². The van der Waals surface area contributed by atoms with Gasteiger partial charge in [0.15, 0.2) is 0 Å². The van der Waals surface area contributed by atoms with E-state index in [1.807, 2.05) is 24.5 Å². The topological polar surface area (TPSA) is 83.6 Å². The van der Waals surface area contributed by atoms with Crippen LogP contribution in [0.5, 0.6) is 0 Å². The monoisotopic (exact) mass is 380 g/mol. The fourth-order valence-corrected chi connectivity index (χ4v) is 3.03. The van der Waals surface area contributed by atoms with Crippen molar-refractivity contribution in [2.45, 2.75) is 12.8 Å². The highest BCUT2D eigenvalue weighted by Crippen LogP contribution is 2.20. The van der Waals surface area contributed by atoms with Gasteiger partial charge in [-0.25, -0.2) is 8.78 Å². The van der Waals surface area contributed by atoms with Gasteiger partial charge in [0.05, 0.1) is 0 Å². The second-order valence-corrected chi connectivity index (χ2v) is 6.27. The van der Waals surface area contributed by atoms with E-state index in [9.17, 15) is 8.78 Å². The van der Waals surface area contributed by atoms with Crippen LogP contribution in [0.15, 0.2) is 73.3 Å². The Morgan fingerprint density at radius 2 is 1.14 bits per heavy atom. The molecule has 0 saturated carbocycles. The highest BCUT2D eigenvalue weighted by atomic mass is 19.1. The van der Waals surface area contributed by atoms with Crippen LogP contribution in [0.25, 0.3) is 21.8 Å². The summed E-state index contributed by atoms with van der Waals surface area (Å²) in [6.45, 7) is 0. The summed E-state index contributed by atoms with van der Waals surface area (Å²) >= 11 is 0. The lowest BCUT2D eigenvalue weighted by atomic mass is 10.1. The van der Waals surface area contributed by atoms with Crippen LogP contribution < -0.4 is 11.5 Å². The third-order valence-electron chi connectivity index (χ3n) is 4.41. The molecule has 28 heavy (non-hydrogen) atoms. The van der Waals surface area contributed by atoms with Crippen LogP contribution in [0.3, 0.4) is 0 Å². The average molecular weight is 380 g/mol. The van der Waals surface area contributed by atoms with E-state index in [0.717, 1.165) is 45.8 Å². The Morgan fingerprint density at radius 1 is 0.714 bits per heavy atom. The molecule has 0 amide bonds. The summed E-state index contributed by atoms with van der Waals surface area (Å²) in [5, 5.41) is 1.84. The van der Waals surface area contributed by atoms with Crippen molar-refractivity contribution in [1.29, 1.82) is 0 Å². The van der Waals surface area contributed by atoms with Gasteiger partial charge in [-0.3, -0.25) is 0 Å². The molecule has 4 rings (SSSR count). The lowest BCUT2D eigenvalue weighted by Gasteiger charge is -1.94. The normalized spacial score (nSPS) is 11.5. The first-order chi connectivity index (χ1) is 13.6. The molecule has 6 N–H and O–H groups in total. The molecule has 0 unspecified atom stereocenters. The van der Waals surface area contributed by atoms with Crippen LogP contribution >= 0.6 is 0 Å². The number of nitrogens with two attached hydrogens (primary N) is 2. The minimum atomic E-state index is -0.213. The van der Waals surface area contributed by atoms with E-state index in [0.29, 0.717) is 0 Å². The second kappa shape index (κ2) is 8.90. The predicted molar refractivity (Wildman–Crippen MR) is 111 cm³/mol. The van der Waals surface area contributed by atoms with Gasteiger partial charge in [0.2, 0.25) is 0 Å². The maximum absolute atomic E-state index is 13.0. The van der Waals surface area contributed by atoms with Crippen molar-refractivity contribution in [2.24, 2.45) is 11.5 Å². The van der Waals surface area contributed by atoms with Gasteiger partial charge in [0.25, 0.3) is 0 Å². The smallest absolute Gasteiger partial charge is 0.123 e. The second-order valence-electron chi connectivity index (χ2n) is 6.27. The Hall–Kier alpha value is -3.54. The number of halogens is 2. The number of benzene rings is 2. The van der Waals surface area contributed by atoms with Crippen LogP contribution in [0.4, 0.5) is 8.78 Å². The lowest BCUT2D eigenvalue weighted by molar-refractivity contribution is 0.629. The third-order valence-corrected chi connectivity index (χ3v) is 4.41. The number of fused-ring (bicyclic) bond motifs is 2. The number of nitrogens with one attached hydrogen (secondary N) is 2. The van der Waals surface area contributed by atoms with E-state index in [1.54, 1.807) is 12.1 Å². The Bertz CT molecular complexity index is 1030. The van der Waals surface area contributed by atoms with Crippen LogP contribution in [0, 0.1) is 11.6 Å². The molecule has 2 aromatic heterocycles. The lowest BCUT2D eigenvalue weighted by Crippen LogP contribution is -1.82. The summed E-state index contributed by atoms with van der Waals surface area (Å²) in [6, 6.07) is 9.43. The zero-order valence-electron chi connectivity index (χ0n) is 15.3. The van der Waals surface area contributed by atoms with Crippen LogP contribution in [-0.4, -0.2) is 9.97 Å². The van der Waals surface area contributed by atoms with Crippen molar-refractivity contribution < 1.29 is 8.78 Å². The minimum absolute atomic E-state index is 0.213. The molecular weight excluding hydrogens is 358 g/mol. The van der Waals surface area contributed by atoms with Crippen LogP contribution in [-0.2, 0) is 12.8 Å². The van der Waals surface area contributed by atoms with Gasteiger partial charge >= 0.3 is 0 Å². The largest absolute Gasteiger partial charge is 0.405 e. The number of hydrogen-bond donors (Lipinski definition) is 4. The number of allylic oxidation sites excluding steroid dienone is 2. The van der Waals surface area contributed by atoms with E-state index in [2.05, 4.69) is 9.97 Å². The first-order valence-electron chi connectivity index (χ1n) is 8.87. The van der Waals surface area contributed by atoms with E-state index in [1.165, 1.54) is 36.7 Å². The quantitative estimate of drug-likeness (QED) is 0.416. The third kappa shape index (κ3) is 4.40. The van der Waals surface area contributed by atoms with E-state index in [4.69, 9.17) is 11.5 Å². The Morgan fingerprint density at radius 3 is 1.54 bits per heavy atom. The summed E-state index contributed by atoms with van der Waals surface area (Å²) in [5.74, 6) is -0.426. The Balaban J connectivity index is 0.000000161. The SMILES string of the molecule is NC=CCc1c[nH]c2ccc(F)cc12.NC=CCc1c[nH]c2ccc(F)cc12. The molecule has 0 fully saturated rings. The number of aromatic nitrogens is 2. The summed E-state index contributed by atoms with van der Waals surface area (Å²) in [5.41, 5.74) is 14.5. The molecule has 0 aliphatic rings. The van der Waals surface area contributed by atoms with E-state index >= 15 is 0 Å². The van der Waals surface area contributed by atoms with Crippen LogP contribution in [0.2, 0.25) is 0 Å². The fourth-order valence-electron chi connectivity index (χ4n) is 3.03. The molecule has 0 aliphatic heterocycles. The molecule has 144 valence electrons. The summed E-state index contributed by atoms with van der Waals surface area (Å²) in [4.78, 5) is 6.17. The van der Waals surface area contributed by atoms with Crippen molar-refractivity contribution >= 4 is 21.8 Å². The molecule has 0 spiro atoms. The Labute approximate surface area is 161 Å². The first kappa shape index (κ1) is 19.2. The Kier molecular flexibility index (Phi) is 6.11. The van der Waals surface area contributed by atoms with Gasteiger partial charge < -0.3 is 21.4 Å². The molecule has 0 saturated heterocycles. The molecule has 6 heteroatoms. The van der Waals surface area contributed by atoms with Gasteiger partial charge in [0.1, 0.15) is 11.6 Å². The van der Waals surface area contributed by atoms with E-state index < -0.39 is 0 Å². The van der Waals surface area contributed by atoms with Crippen LogP contribution in [0.1, 0.15) is 11.1 Å². The van der Waals surface area contributed by atoms with Gasteiger partial charge in [-0.05, 0) is 72.8 Å². The number of aromatic amines is 2.